The first-order valence-electron chi connectivity index (χ1n) is 7.08. The maximum atomic E-state index is 9.90. The number of thiol groups is 1. The predicted octanol–water partition coefficient (Wildman–Crippen LogP) is -4.46. The molecule has 0 bridgehead atoms. The highest BCUT2D eigenvalue weighted by Gasteiger charge is 2.49. The highest BCUT2D eigenvalue weighted by molar-refractivity contribution is 7.81. The number of hydrogen-bond donors (Lipinski definition) is 8. The van der Waals surface area contributed by atoms with Crippen LogP contribution in [0.2, 0.25) is 0 Å². The van der Waals surface area contributed by atoms with E-state index in [1.807, 2.05) is 0 Å². The standard InChI is InChI=1S/C12H22O10S/c13-1-3-5(15)7(17)9(19)11(20-3)22-12-10(23)8(18)6(16)4(2-14)21-12/h3-19,23H,1-2H2/t3-,4-,5-,6-,7+,8+,9+,10+,11-,12-/m1/s1. The second kappa shape index (κ2) is 7.89. The molecule has 2 aliphatic rings. The van der Waals surface area contributed by atoms with E-state index in [4.69, 9.17) is 24.4 Å². The van der Waals surface area contributed by atoms with Crippen molar-refractivity contribution in [1.29, 1.82) is 0 Å². The van der Waals surface area contributed by atoms with Crippen LogP contribution < -0.4 is 0 Å². The molecule has 2 aliphatic heterocycles. The van der Waals surface area contributed by atoms with Gasteiger partial charge in [-0.15, -0.1) is 0 Å². The van der Waals surface area contributed by atoms with Crippen LogP contribution in [0.15, 0.2) is 0 Å². The summed E-state index contributed by atoms with van der Waals surface area (Å²) >= 11 is 4.06. The van der Waals surface area contributed by atoms with Gasteiger partial charge in [0.2, 0.25) is 0 Å². The van der Waals surface area contributed by atoms with E-state index in [1.165, 1.54) is 0 Å². The van der Waals surface area contributed by atoms with Crippen molar-refractivity contribution in [3.8, 4) is 0 Å². The Kier molecular flexibility index (Phi) is 6.61. The van der Waals surface area contributed by atoms with Gasteiger partial charge < -0.3 is 50.0 Å². The van der Waals surface area contributed by atoms with Gasteiger partial charge in [0.05, 0.1) is 24.6 Å². The second-order valence-electron chi connectivity index (χ2n) is 5.53. The van der Waals surface area contributed by atoms with Gasteiger partial charge in [0.1, 0.15) is 36.6 Å². The first kappa shape index (κ1) is 19.3. The van der Waals surface area contributed by atoms with E-state index in [0.717, 1.165) is 0 Å². The van der Waals surface area contributed by atoms with E-state index < -0.39 is 73.8 Å². The maximum Gasteiger partial charge on any atom is 0.189 e. The normalized spacial score (nSPS) is 51.7. The van der Waals surface area contributed by atoms with Gasteiger partial charge in [-0.1, -0.05) is 0 Å². The summed E-state index contributed by atoms with van der Waals surface area (Å²) in [7, 11) is 0. The highest BCUT2D eigenvalue weighted by atomic mass is 32.1. The Bertz CT molecular complexity index is 349. The first-order valence-corrected chi connectivity index (χ1v) is 7.60. The number of aliphatic hydroxyl groups is 7. The Morgan fingerprint density at radius 2 is 1.17 bits per heavy atom. The molecule has 2 heterocycles. The second-order valence-corrected chi connectivity index (χ2v) is 6.13. The molecular weight excluding hydrogens is 336 g/mol. The van der Waals surface area contributed by atoms with Crippen LogP contribution >= 0.6 is 12.6 Å². The molecule has 2 saturated heterocycles. The Labute approximate surface area is 137 Å². The molecule has 0 aromatic heterocycles. The van der Waals surface area contributed by atoms with E-state index in [-0.39, 0.29) is 0 Å². The van der Waals surface area contributed by atoms with Crippen LogP contribution in [0.3, 0.4) is 0 Å². The van der Waals surface area contributed by atoms with Crippen LogP contribution in [0.25, 0.3) is 0 Å². The topological polar surface area (TPSA) is 169 Å². The summed E-state index contributed by atoms with van der Waals surface area (Å²) in [5, 5.41) is 66.1. The summed E-state index contributed by atoms with van der Waals surface area (Å²) in [6.07, 6.45) is -12.6. The van der Waals surface area contributed by atoms with Crippen molar-refractivity contribution in [2.45, 2.75) is 60.6 Å². The zero-order chi connectivity index (χ0) is 17.3. The summed E-state index contributed by atoms with van der Waals surface area (Å²) in [5.41, 5.74) is 0. The average molecular weight is 358 g/mol. The molecule has 136 valence electrons. The number of rotatable bonds is 4. The molecule has 10 atom stereocenters. The molecule has 0 aliphatic carbocycles. The van der Waals surface area contributed by atoms with Gasteiger partial charge in [-0.2, -0.15) is 12.6 Å². The quantitative estimate of drug-likeness (QED) is 0.229. The Morgan fingerprint density at radius 1 is 0.696 bits per heavy atom. The molecule has 10 nitrogen and oxygen atoms in total. The molecule has 0 spiro atoms. The lowest BCUT2D eigenvalue weighted by atomic mass is 9.99. The fourth-order valence-corrected chi connectivity index (χ4v) is 2.81. The lowest BCUT2D eigenvalue weighted by Crippen LogP contribution is -2.62. The van der Waals surface area contributed by atoms with Crippen molar-refractivity contribution in [3.05, 3.63) is 0 Å². The first-order chi connectivity index (χ1) is 10.8. The van der Waals surface area contributed by atoms with Crippen LogP contribution in [-0.2, 0) is 14.2 Å². The van der Waals surface area contributed by atoms with Crippen molar-refractivity contribution in [2.75, 3.05) is 13.2 Å². The lowest BCUT2D eigenvalue weighted by Gasteiger charge is -2.44. The molecular formula is C12H22O10S. The third-order valence-corrected chi connectivity index (χ3v) is 4.51. The van der Waals surface area contributed by atoms with Crippen molar-refractivity contribution in [1.82, 2.24) is 0 Å². The molecule has 0 radical (unpaired) electrons. The number of hydrogen-bond acceptors (Lipinski definition) is 11. The molecule has 0 amide bonds. The van der Waals surface area contributed by atoms with Gasteiger partial charge in [-0.3, -0.25) is 0 Å². The van der Waals surface area contributed by atoms with Gasteiger partial charge in [0.25, 0.3) is 0 Å². The lowest BCUT2D eigenvalue weighted by molar-refractivity contribution is -0.356. The third-order valence-electron chi connectivity index (χ3n) is 3.97. The number of ether oxygens (including phenoxy) is 3. The number of aliphatic hydroxyl groups excluding tert-OH is 7. The Hall–Kier alpha value is -0.0500. The smallest absolute Gasteiger partial charge is 0.189 e. The van der Waals surface area contributed by atoms with Crippen LogP contribution in [0.1, 0.15) is 0 Å². The van der Waals surface area contributed by atoms with Crippen molar-refractivity contribution in [2.24, 2.45) is 0 Å². The largest absolute Gasteiger partial charge is 0.394 e. The molecule has 0 aromatic carbocycles. The van der Waals surface area contributed by atoms with Crippen LogP contribution in [0, 0.1) is 0 Å². The molecule has 0 unspecified atom stereocenters. The average Bonchev–Trinajstić information content (AvgIpc) is 2.55. The zero-order valence-corrected chi connectivity index (χ0v) is 12.9. The SMILES string of the molecule is OC[C@H]1O[C@H](O[C@H]2O[C@H](CO)[C@@H](O)[C@H](O)[C@@H]2S)[C@@H](O)[C@@H](O)[C@@H]1O. The minimum Gasteiger partial charge on any atom is -0.394 e. The third kappa shape index (κ3) is 3.80. The summed E-state index contributed by atoms with van der Waals surface area (Å²) in [4.78, 5) is 0. The van der Waals surface area contributed by atoms with Crippen molar-refractivity contribution < 1.29 is 50.0 Å². The molecule has 7 N–H and O–H groups in total. The fraction of sp³-hybridized carbons (Fsp3) is 1.00. The summed E-state index contributed by atoms with van der Waals surface area (Å²) < 4.78 is 15.7. The molecule has 23 heavy (non-hydrogen) atoms. The van der Waals surface area contributed by atoms with Crippen molar-refractivity contribution in [3.63, 3.8) is 0 Å². The molecule has 2 rings (SSSR count). The minimum atomic E-state index is -1.64. The van der Waals surface area contributed by atoms with E-state index in [0.29, 0.717) is 0 Å². The van der Waals surface area contributed by atoms with E-state index in [2.05, 4.69) is 12.6 Å². The van der Waals surface area contributed by atoms with E-state index >= 15 is 0 Å². The molecule has 2 fully saturated rings. The fourth-order valence-electron chi connectivity index (χ4n) is 2.49. The highest BCUT2D eigenvalue weighted by Crippen LogP contribution is 2.29. The van der Waals surface area contributed by atoms with Gasteiger partial charge in [0, 0.05) is 0 Å². The Morgan fingerprint density at radius 3 is 1.70 bits per heavy atom. The van der Waals surface area contributed by atoms with E-state index in [1.54, 1.807) is 0 Å². The molecule has 0 saturated carbocycles. The van der Waals surface area contributed by atoms with Crippen LogP contribution in [0.4, 0.5) is 0 Å². The maximum absolute atomic E-state index is 9.90. The summed E-state index contributed by atoms with van der Waals surface area (Å²) in [5.74, 6) is 0. The van der Waals surface area contributed by atoms with Gasteiger partial charge in [0.15, 0.2) is 12.6 Å². The Balaban J connectivity index is 2.07. The minimum absolute atomic E-state index is 0.590. The predicted molar refractivity (Wildman–Crippen MR) is 75.4 cm³/mol. The van der Waals surface area contributed by atoms with Crippen LogP contribution in [-0.4, -0.2) is 110 Å². The van der Waals surface area contributed by atoms with Gasteiger partial charge in [-0.05, 0) is 0 Å². The summed E-state index contributed by atoms with van der Waals surface area (Å²) in [6, 6.07) is 0. The molecule has 11 heteroatoms. The van der Waals surface area contributed by atoms with Gasteiger partial charge >= 0.3 is 0 Å². The van der Waals surface area contributed by atoms with Crippen molar-refractivity contribution >= 4 is 12.6 Å². The van der Waals surface area contributed by atoms with E-state index in [9.17, 15) is 25.5 Å². The zero-order valence-electron chi connectivity index (χ0n) is 12.0. The van der Waals surface area contributed by atoms with Gasteiger partial charge in [-0.25, -0.2) is 0 Å². The van der Waals surface area contributed by atoms with Crippen LogP contribution in [0.5, 0.6) is 0 Å². The summed E-state index contributed by atoms with van der Waals surface area (Å²) in [6.45, 7) is -1.21. The molecule has 0 aromatic rings. The monoisotopic (exact) mass is 358 g/mol.